The van der Waals surface area contributed by atoms with Crippen molar-refractivity contribution >= 4 is 10.9 Å². The molecule has 8 heteroatoms. The van der Waals surface area contributed by atoms with E-state index < -0.39 is 0 Å². The quantitative estimate of drug-likeness (QED) is 0.340. The molecule has 0 amide bonds. The molecular weight excluding hydrogens is 455 g/mol. The van der Waals surface area contributed by atoms with Gasteiger partial charge in [-0.25, -0.2) is 4.39 Å². The molecule has 0 spiro atoms. The maximum Gasteiger partial charge on any atom is 0.247 e. The summed E-state index contributed by atoms with van der Waals surface area (Å²) in [6.45, 7) is 6.21. The van der Waals surface area contributed by atoms with Crippen LogP contribution < -0.4 is 0 Å². The van der Waals surface area contributed by atoms with Crippen molar-refractivity contribution in [2.75, 3.05) is 13.1 Å². The molecule has 2 aromatic carbocycles. The molecule has 1 saturated heterocycles. The van der Waals surface area contributed by atoms with Crippen LogP contribution in [-0.4, -0.2) is 43.4 Å². The van der Waals surface area contributed by atoms with E-state index in [4.69, 9.17) is 4.42 Å². The number of fused-ring (bicyclic) bond motifs is 1. The van der Waals surface area contributed by atoms with Crippen LogP contribution in [0.1, 0.15) is 41.5 Å². The van der Waals surface area contributed by atoms with Gasteiger partial charge in [0.2, 0.25) is 11.8 Å². The van der Waals surface area contributed by atoms with Gasteiger partial charge in [0.05, 0.1) is 11.4 Å². The summed E-state index contributed by atoms with van der Waals surface area (Å²) in [7, 11) is 0. The highest BCUT2D eigenvalue weighted by molar-refractivity contribution is 5.95. The van der Waals surface area contributed by atoms with E-state index in [1.54, 1.807) is 12.3 Å². The SMILES string of the molecule is Cc1cc(-c2n[nH]c3ccc(-c4nnc([C@@H]5CCCN(Cc6c(C)cccc6F)C5)o4)cc23)ccn1. The second-order valence-electron chi connectivity index (χ2n) is 9.57. The average Bonchev–Trinajstić information content (AvgIpc) is 3.54. The third-order valence-electron chi connectivity index (χ3n) is 7.01. The molecule has 3 aromatic heterocycles. The topological polar surface area (TPSA) is 83.7 Å². The zero-order valence-electron chi connectivity index (χ0n) is 20.3. The lowest BCUT2D eigenvalue weighted by Crippen LogP contribution is -2.34. The van der Waals surface area contributed by atoms with Crippen LogP contribution in [0.5, 0.6) is 0 Å². The van der Waals surface area contributed by atoms with E-state index in [1.165, 1.54) is 6.07 Å². The molecule has 0 unspecified atom stereocenters. The summed E-state index contributed by atoms with van der Waals surface area (Å²) >= 11 is 0. The van der Waals surface area contributed by atoms with Crippen molar-refractivity contribution in [3.05, 3.63) is 83.3 Å². The number of piperidine rings is 1. The van der Waals surface area contributed by atoms with E-state index in [-0.39, 0.29) is 11.7 Å². The number of rotatable bonds is 5. The van der Waals surface area contributed by atoms with E-state index in [2.05, 4.69) is 30.3 Å². The lowest BCUT2D eigenvalue weighted by Gasteiger charge is -2.31. The number of aromatic nitrogens is 5. The number of H-pyrrole nitrogens is 1. The summed E-state index contributed by atoms with van der Waals surface area (Å²) in [4.78, 5) is 6.57. The van der Waals surface area contributed by atoms with Gasteiger partial charge in [0, 0.05) is 47.1 Å². The molecule has 1 fully saturated rings. The third-order valence-corrected chi connectivity index (χ3v) is 7.01. The molecule has 182 valence electrons. The van der Waals surface area contributed by atoms with Crippen LogP contribution in [0, 0.1) is 19.7 Å². The number of hydrogen-bond acceptors (Lipinski definition) is 6. The van der Waals surface area contributed by atoms with E-state index >= 15 is 0 Å². The van der Waals surface area contributed by atoms with Crippen LogP contribution in [0.15, 0.2) is 59.1 Å². The summed E-state index contributed by atoms with van der Waals surface area (Å²) in [5, 5.41) is 17.4. The summed E-state index contributed by atoms with van der Waals surface area (Å²) < 4.78 is 20.6. The van der Waals surface area contributed by atoms with Crippen LogP contribution in [0.3, 0.4) is 0 Å². The Balaban J connectivity index is 1.24. The number of nitrogens with one attached hydrogen (secondary N) is 1. The Bertz CT molecular complexity index is 1520. The molecule has 6 rings (SSSR count). The van der Waals surface area contributed by atoms with Crippen LogP contribution in [0.4, 0.5) is 4.39 Å². The lowest BCUT2D eigenvalue weighted by atomic mass is 9.97. The first-order valence-electron chi connectivity index (χ1n) is 12.3. The van der Waals surface area contributed by atoms with Gasteiger partial charge in [-0.15, -0.1) is 10.2 Å². The first kappa shape index (κ1) is 22.5. The molecule has 36 heavy (non-hydrogen) atoms. The summed E-state index contributed by atoms with van der Waals surface area (Å²) in [6.07, 6.45) is 3.77. The number of aryl methyl sites for hydroxylation is 2. The number of halogens is 1. The normalized spacial score (nSPS) is 16.6. The molecule has 0 aliphatic carbocycles. The number of nitrogens with zero attached hydrogens (tertiary/aromatic N) is 5. The first-order valence-corrected chi connectivity index (χ1v) is 12.3. The van der Waals surface area contributed by atoms with Gasteiger partial charge in [-0.05, 0) is 75.2 Å². The highest BCUT2D eigenvalue weighted by atomic mass is 19.1. The highest BCUT2D eigenvalue weighted by Gasteiger charge is 2.27. The molecule has 0 saturated carbocycles. The molecule has 1 N–H and O–H groups in total. The van der Waals surface area contributed by atoms with Crippen molar-refractivity contribution in [2.24, 2.45) is 0 Å². The van der Waals surface area contributed by atoms with Crippen LogP contribution >= 0.6 is 0 Å². The van der Waals surface area contributed by atoms with Gasteiger partial charge in [0.15, 0.2) is 0 Å². The minimum Gasteiger partial charge on any atom is -0.420 e. The van der Waals surface area contributed by atoms with Crippen LogP contribution in [0.2, 0.25) is 0 Å². The van der Waals surface area contributed by atoms with Crippen molar-refractivity contribution in [2.45, 2.75) is 39.2 Å². The van der Waals surface area contributed by atoms with Gasteiger partial charge < -0.3 is 4.42 Å². The standard InChI is InChI=1S/C28H27FN6O/c1-17-5-3-7-24(29)23(17)16-35-12-4-6-21(15-35)28-34-33-27(36-28)20-8-9-25-22(14-20)26(32-31-25)19-10-11-30-18(2)13-19/h3,5,7-11,13-14,21H,4,6,12,15-16H2,1-2H3,(H,31,32)/t21-/m1/s1. The highest BCUT2D eigenvalue weighted by Crippen LogP contribution is 2.33. The molecule has 5 aromatic rings. The Labute approximate surface area is 208 Å². The first-order chi connectivity index (χ1) is 17.5. The molecule has 1 aliphatic heterocycles. The van der Waals surface area contributed by atoms with Gasteiger partial charge in [-0.2, -0.15) is 5.10 Å². The smallest absolute Gasteiger partial charge is 0.247 e. The maximum absolute atomic E-state index is 14.4. The molecule has 4 heterocycles. The van der Waals surface area contributed by atoms with E-state index in [9.17, 15) is 4.39 Å². The second kappa shape index (κ2) is 9.28. The lowest BCUT2D eigenvalue weighted by molar-refractivity contribution is 0.184. The molecule has 0 bridgehead atoms. The van der Waals surface area contributed by atoms with Crippen molar-refractivity contribution in [1.29, 1.82) is 0 Å². The molecule has 0 radical (unpaired) electrons. The van der Waals surface area contributed by atoms with Crippen LogP contribution in [-0.2, 0) is 6.54 Å². The number of benzene rings is 2. The Morgan fingerprint density at radius 1 is 1.08 bits per heavy atom. The van der Waals surface area contributed by atoms with Gasteiger partial charge in [-0.1, -0.05) is 12.1 Å². The minimum atomic E-state index is -0.145. The zero-order chi connectivity index (χ0) is 24.6. The monoisotopic (exact) mass is 482 g/mol. The number of pyridine rings is 1. The Morgan fingerprint density at radius 2 is 2.00 bits per heavy atom. The predicted molar refractivity (Wildman–Crippen MR) is 136 cm³/mol. The fraction of sp³-hybridized carbons (Fsp3) is 0.286. The summed E-state index contributed by atoms with van der Waals surface area (Å²) in [5.41, 5.74) is 6.34. The van der Waals surface area contributed by atoms with Gasteiger partial charge in [-0.3, -0.25) is 15.0 Å². The fourth-order valence-electron chi connectivity index (χ4n) is 5.07. The molecular formula is C28H27FN6O. The van der Waals surface area contributed by atoms with E-state index in [0.29, 0.717) is 18.3 Å². The van der Waals surface area contributed by atoms with E-state index in [1.807, 2.05) is 50.2 Å². The zero-order valence-corrected chi connectivity index (χ0v) is 20.3. The van der Waals surface area contributed by atoms with Crippen molar-refractivity contribution in [3.63, 3.8) is 0 Å². The largest absolute Gasteiger partial charge is 0.420 e. The Kier molecular flexibility index (Phi) is 5.81. The summed E-state index contributed by atoms with van der Waals surface area (Å²) in [6, 6.07) is 15.2. The summed E-state index contributed by atoms with van der Waals surface area (Å²) in [5.74, 6) is 1.11. The van der Waals surface area contributed by atoms with Crippen molar-refractivity contribution in [1.82, 2.24) is 30.3 Å². The van der Waals surface area contributed by atoms with Crippen molar-refractivity contribution in [3.8, 4) is 22.7 Å². The number of hydrogen-bond donors (Lipinski definition) is 1. The van der Waals surface area contributed by atoms with Crippen molar-refractivity contribution < 1.29 is 8.81 Å². The van der Waals surface area contributed by atoms with E-state index in [0.717, 1.165) is 70.5 Å². The van der Waals surface area contributed by atoms with Gasteiger partial charge in [0.1, 0.15) is 11.5 Å². The Hall–Kier alpha value is -3.91. The second-order valence-corrected chi connectivity index (χ2v) is 9.57. The third kappa shape index (κ3) is 4.28. The van der Waals surface area contributed by atoms with Crippen LogP contribution in [0.25, 0.3) is 33.6 Å². The average molecular weight is 483 g/mol. The molecule has 7 nitrogen and oxygen atoms in total. The Morgan fingerprint density at radius 3 is 2.86 bits per heavy atom. The minimum absolute atomic E-state index is 0.125. The number of likely N-dealkylation sites (tertiary alicyclic amines) is 1. The molecule has 1 atom stereocenters. The van der Waals surface area contributed by atoms with Gasteiger partial charge >= 0.3 is 0 Å². The molecule has 1 aliphatic rings. The predicted octanol–water partition coefficient (Wildman–Crippen LogP) is 5.81. The maximum atomic E-state index is 14.4. The fourth-order valence-corrected chi connectivity index (χ4v) is 5.07. The number of aromatic amines is 1. The van der Waals surface area contributed by atoms with Gasteiger partial charge in [0.25, 0.3) is 0 Å².